The smallest absolute Gasteiger partial charge is 0.272 e. The van der Waals surface area contributed by atoms with E-state index in [4.69, 9.17) is 5.73 Å². The fraction of sp³-hybridized carbons (Fsp3) is 0.444. The number of hydrogen-bond acceptors (Lipinski definition) is 1. The van der Waals surface area contributed by atoms with Crippen molar-refractivity contribution in [1.29, 1.82) is 0 Å². The number of pyridine rings is 1. The van der Waals surface area contributed by atoms with Crippen molar-refractivity contribution < 1.29 is 4.57 Å². The minimum absolute atomic E-state index is 0.848. The van der Waals surface area contributed by atoms with Gasteiger partial charge in [0.1, 0.15) is 0 Å². The van der Waals surface area contributed by atoms with Crippen LogP contribution in [0.5, 0.6) is 0 Å². The van der Waals surface area contributed by atoms with Crippen LogP contribution >= 0.6 is 0 Å². The molecule has 0 bridgehead atoms. The summed E-state index contributed by atoms with van der Waals surface area (Å²) in [5.41, 5.74) is 5.72. The predicted octanol–water partition coefficient (Wildman–Crippen LogP) is 1.36. The Labute approximate surface area is 67.7 Å². The first-order chi connectivity index (χ1) is 5.34. The van der Waals surface area contributed by atoms with E-state index in [9.17, 15) is 0 Å². The molecule has 0 atom stereocenters. The zero-order valence-electron chi connectivity index (χ0n) is 6.96. The van der Waals surface area contributed by atoms with Crippen LogP contribution in [0, 0.1) is 0 Å². The number of nitrogen functional groups attached to an aromatic ring is 1. The normalized spacial score (nSPS) is 9.91. The van der Waals surface area contributed by atoms with E-state index >= 15 is 0 Å². The fourth-order valence-electron chi connectivity index (χ4n) is 1.02. The van der Waals surface area contributed by atoms with Gasteiger partial charge in [-0.1, -0.05) is 19.4 Å². The average Bonchev–Trinajstić information content (AvgIpc) is 2.03. The Morgan fingerprint density at radius 3 is 2.91 bits per heavy atom. The van der Waals surface area contributed by atoms with E-state index in [2.05, 4.69) is 11.5 Å². The molecule has 0 aliphatic rings. The van der Waals surface area contributed by atoms with Crippen molar-refractivity contribution in [3.05, 3.63) is 24.4 Å². The molecule has 2 heteroatoms. The van der Waals surface area contributed by atoms with Crippen molar-refractivity contribution >= 4 is 5.82 Å². The van der Waals surface area contributed by atoms with Gasteiger partial charge in [0.2, 0.25) is 0 Å². The van der Waals surface area contributed by atoms with Crippen molar-refractivity contribution in [2.24, 2.45) is 0 Å². The molecule has 60 valence electrons. The molecule has 0 unspecified atom stereocenters. The molecule has 0 radical (unpaired) electrons. The zero-order valence-corrected chi connectivity index (χ0v) is 6.96. The van der Waals surface area contributed by atoms with Crippen LogP contribution in [-0.2, 0) is 6.54 Å². The molecule has 0 fully saturated rings. The minimum Gasteiger partial charge on any atom is -0.287 e. The lowest BCUT2D eigenvalue weighted by molar-refractivity contribution is -0.683. The fourth-order valence-corrected chi connectivity index (χ4v) is 1.02. The summed E-state index contributed by atoms with van der Waals surface area (Å²) >= 11 is 0. The highest BCUT2D eigenvalue weighted by molar-refractivity contribution is 5.18. The maximum absolute atomic E-state index is 5.72. The molecule has 1 heterocycles. The Morgan fingerprint density at radius 1 is 1.45 bits per heavy atom. The number of aryl methyl sites for hydroxylation is 1. The number of rotatable bonds is 3. The second-order valence-electron chi connectivity index (χ2n) is 2.67. The summed E-state index contributed by atoms with van der Waals surface area (Å²) in [4.78, 5) is 0. The molecule has 0 aliphatic heterocycles. The molecular weight excluding hydrogens is 136 g/mol. The standard InChI is InChI=1S/C9H14N2/c1-2-3-7-11-8-5-4-6-9(11)10/h4-6,8,10H,2-3,7H2,1H3/p+1. The van der Waals surface area contributed by atoms with Crippen molar-refractivity contribution in [2.45, 2.75) is 26.3 Å². The molecule has 0 saturated carbocycles. The Hall–Kier alpha value is -1.05. The SMILES string of the molecule is CCCC[n+]1ccccc1N. The van der Waals surface area contributed by atoms with Gasteiger partial charge in [-0.05, 0) is 12.5 Å². The highest BCUT2D eigenvalue weighted by Crippen LogP contribution is 1.93. The summed E-state index contributed by atoms with van der Waals surface area (Å²) in [5.74, 6) is 0.848. The monoisotopic (exact) mass is 151 g/mol. The van der Waals surface area contributed by atoms with E-state index in [0.29, 0.717) is 0 Å². The lowest BCUT2D eigenvalue weighted by atomic mass is 10.3. The van der Waals surface area contributed by atoms with Crippen molar-refractivity contribution in [1.82, 2.24) is 0 Å². The van der Waals surface area contributed by atoms with Crippen molar-refractivity contribution in [3.8, 4) is 0 Å². The summed E-state index contributed by atoms with van der Waals surface area (Å²) < 4.78 is 2.07. The molecule has 0 spiro atoms. The highest BCUT2D eigenvalue weighted by atomic mass is 15.0. The number of hydrogen-bond donors (Lipinski definition) is 1. The lowest BCUT2D eigenvalue weighted by Gasteiger charge is -1.99. The summed E-state index contributed by atoms with van der Waals surface area (Å²) in [7, 11) is 0. The number of aromatic nitrogens is 1. The molecular formula is C9H15N2+. The third-order valence-corrected chi connectivity index (χ3v) is 1.73. The molecule has 0 amide bonds. The van der Waals surface area contributed by atoms with Gasteiger partial charge >= 0.3 is 0 Å². The van der Waals surface area contributed by atoms with Gasteiger partial charge in [0.15, 0.2) is 0 Å². The third-order valence-electron chi connectivity index (χ3n) is 1.73. The minimum atomic E-state index is 0.848. The first kappa shape index (κ1) is 8.05. The Morgan fingerprint density at radius 2 is 2.27 bits per heavy atom. The Bertz CT molecular complexity index is 221. The molecule has 0 aromatic carbocycles. The van der Waals surface area contributed by atoms with Crippen molar-refractivity contribution in [2.75, 3.05) is 5.73 Å². The zero-order chi connectivity index (χ0) is 8.10. The number of nitrogens with zero attached hydrogens (tertiary/aromatic N) is 1. The summed E-state index contributed by atoms with van der Waals surface area (Å²) in [6.07, 6.45) is 4.42. The predicted molar refractivity (Wildman–Crippen MR) is 46.0 cm³/mol. The van der Waals surface area contributed by atoms with E-state index in [-0.39, 0.29) is 0 Å². The molecule has 2 nitrogen and oxygen atoms in total. The summed E-state index contributed by atoms with van der Waals surface area (Å²) in [5, 5.41) is 0. The van der Waals surface area contributed by atoms with Crippen LogP contribution in [0.4, 0.5) is 5.82 Å². The van der Waals surface area contributed by atoms with Gasteiger partial charge in [-0.25, -0.2) is 4.57 Å². The summed E-state index contributed by atoms with van der Waals surface area (Å²) in [6.45, 7) is 3.21. The third kappa shape index (κ3) is 2.22. The maximum atomic E-state index is 5.72. The van der Waals surface area contributed by atoms with Gasteiger partial charge in [0.25, 0.3) is 5.82 Å². The van der Waals surface area contributed by atoms with E-state index in [0.717, 1.165) is 12.4 Å². The van der Waals surface area contributed by atoms with Crippen LogP contribution in [-0.4, -0.2) is 0 Å². The van der Waals surface area contributed by atoms with Gasteiger partial charge in [-0.15, -0.1) is 0 Å². The van der Waals surface area contributed by atoms with Crippen LogP contribution in [0.25, 0.3) is 0 Å². The molecule has 1 aromatic rings. The second-order valence-corrected chi connectivity index (χ2v) is 2.67. The van der Waals surface area contributed by atoms with Gasteiger partial charge in [0.05, 0.1) is 12.7 Å². The van der Waals surface area contributed by atoms with Gasteiger partial charge < -0.3 is 0 Å². The molecule has 1 rings (SSSR count). The Kier molecular flexibility index (Phi) is 2.90. The molecule has 0 saturated heterocycles. The van der Waals surface area contributed by atoms with Gasteiger partial charge in [-0.2, -0.15) is 0 Å². The number of anilines is 1. The van der Waals surface area contributed by atoms with E-state index < -0.39 is 0 Å². The van der Waals surface area contributed by atoms with Crippen LogP contribution in [0.15, 0.2) is 24.4 Å². The first-order valence-corrected chi connectivity index (χ1v) is 4.08. The largest absolute Gasteiger partial charge is 0.287 e. The van der Waals surface area contributed by atoms with Crippen LogP contribution in [0.1, 0.15) is 19.8 Å². The average molecular weight is 151 g/mol. The topological polar surface area (TPSA) is 29.9 Å². The van der Waals surface area contributed by atoms with Crippen LogP contribution in [0.3, 0.4) is 0 Å². The van der Waals surface area contributed by atoms with Gasteiger partial charge in [-0.3, -0.25) is 5.73 Å². The molecule has 0 aliphatic carbocycles. The van der Waals surface area contributed by atoms with E-state index in [1.807, 2.05) is 24.4 Å². The van der Waals surface area contributed by atoms with Crippen LogP contribution in [0.2, 0.25) is 0 Å². The number of unbranched alkanes of at least 4 members (excludes halogenated alkanes) is 1. The second kappa shape index (κ2) is 3.96. The molecule has 1 aromatic heterocycles. The van der Waals surface area contributed by atoms with Crippen molar-refractivity contribution in [3.63, 3.8) is 0 Å². The van der Waals surface area contributed by atoms with Gasteiger partial charge in [0, 0.05) is 6.07 Å². The molecule has 2 N–H and O–H groups in total. The lowest BCUT2D eigenvalue weighted by Crippen LogP contribution is -2.36. The first-order valence-electron chi connectivity index (χ1n) is 4.08. The highest BCUT2D eigenvalue weighted by Gasteiger charge is 1.99. The van der Waals surface area contributed by atoms with E-state index in [1.165, 1.54) is 12.8 Å². The molecule has 11 heavy (non-hydrogen) atoms. The van der Waals surface area contributed by atoms with E-state index in [1.54, 1.807) is 0 Å². The summed E-state index contributed by atoms with van der Waals surface area (Å²) in [6, 6.07) is 5.89. The Balaban J connectivity index is 2.62. The van der Waals surface area contributed by atoms with Crippen LogP contribution < -0.4 is 10.3 Å². The number of nitrogens with two attached hydrogens (primary N) is 1. The quantitative estimate of drug-likeness (QED) is 0.649. The maximum Gasteiger partial charge on any atom is 0.272 e.